The molecule has 18 heavy (non-hydrogen) atoms. The maximum absolute atomic E-state index is 11.9. The lowest BCUT2D eigenvalue weighted by atomic mass is 10.3. The van der Waals surface area contributed by atoms with E-state index in [9.17, 15) is 4.79 Å². The minimum absolute atomic E-state index is 0.0112. The van der Waals surface area contributed by atoms with Crippen LogP contribution in [0.15, 0.2) is 11.0 Å². The molecule has 1 N–H and O–H groups in total. The molecule has 1 atom stereocenters. The Morgan fingerprint density at radius 2 is 2.17 bits per heavy atom. The van der Waals surface area contributed by atoms with Gasteiger partial charge in [-0.3, -0.25) is 4.79 Å². The molecule has 0 bridgehead atoms. The Bertz CT molecular complexity index is 447. The molecule has 6 heteroatoms. The van der Waals surface area contributed by atoms with Crippen molar-refractivity contribution in [2.75, 3.05) is 16.8 Å². The van der Waals surface area contributed by atoms with Crippen LogP contribution in [0.3, 0.4) is 0 Å². The first-order valence-electron chi connectivity index (χ1n) is 6.09. The van der Waals surface area contributed by atoms with Crippen molar-refractivity contribution in [2.24, 2.45) is 0 Å². The van der Waals surface area contributed by atoms with Crippen molar-refractivity contribution >= 4 is 29.1 Å². The van der Waals surface area contributed by atoms with E-state index in [-0.39, 0.29) is 22.7 Å². The number of hydrogen-bond donors (Lipinski definition) is 1. The van der Waals surface area contributed by atoms with Gasteiger partial charge in [0.15, 0.2) is 0 Å². The van der Waals surface area contributed by atoms with Crippen molar-refractivity contribution in [3.8, 4) is 0 Å². The highest BCUT2D eigenvalue weighted by molar-refractivity contribution is 7.99. The molecular formula is C12H20ClN3OS. The van der Waals surface area contributed by atoms with Gasteiger partial charge in [0.25, 0.3) is 5.56 Å². The van der Waals surface area contributed by atoms with Gasteiger partial charge in [-0.15, -0.1) is 0 Å². The van der Waals surface area contributed by atoms with E-state index in [1.165, 1.54) is 4.68 Å². The van der Waals surface area contributed by atoms with Gasteiger partial charge in [-0.05, 0) is 26.5 Å². The van der Waals surface area contributed by atoms with E-state index < -0.39 is 0 Å². The summed E-state index contributed by atoms with van der Waals surface area (Å²) in [6, 6.07) is 0.265. The van der Waals surface area contributed by atoms with Crippen molar-refractivity contribution in [2.45, 2.75) is 39.8 Å². The number of nitrogens with one attached hydrogen (secondary N) is 1. The Kier molecular flexibility index (Phi) is 6.02. The van der Waals surface area contributed by atoms with Gasteiger partial charge in [-0.2, -0.15) is 16.9 Å². The molecular weight excluding hydrogens is 270 g/mol. The quantitative estimate of drug-likeness (QED) is 0.874. The third kappa shape index (κ3) is 3.92. The zero-order valence-corrected chi connectivity index (χ0v) is 12.8. The fraction of sp³-hybridized carbons (Fsp3) is 0.667. The second kappa shape index (κ2) is 7.04. The summed E-state index contributed by atoms with van der Waals surface area (Å²) in [5.41, 5.74) is 0.370. The van der Waals surface area contributed by atoms with Crippen LogP contribution in [0.25, 0.3) is 0 Å². The van der Waals surface area contributed by atoms with Crippen LogP contribution in [-0.4, -0.2) is 27.3 Å². The summed E-state index contributed by atoms with van der Waals surface area (Å²) in [6.07, 6.45) is 1.62. The van der Waals surface area contributed by atoms with Crippen LogP contribution in [-0.2, 0) is 0 Å². The minimum Gasteiger partial charge on any atom is -0.379 e. The molecule has 0 aliphatic carbocycles. The third-order valence-electron chi connectivity index (χ3n) is 2.41. The number of thioether (sulfide) groups is 1. The summed E-state index contributed by atoms with van der Waals surface area (Å²) in [5, 5.41) is 7.56. The van der Waals surface area contributed by atoms with E-state index in [1.54, 1.807) is 6.20 Å². The highest BCUT2D eigenvalue weighted by Crippen LogP contribution is 2.18. The van der Waals surface area contributed by atoms with Crippen LogP contribution in [0, 0.1) is 0 Å². The summed E-state index contributed by atoms with van der Waals surface area (Å²) in [6.45, 7) is 7.99. The molecule has 0 saturated carbocycles. The van der Waals surface area contributed by atoms with Crippen molar-refractivity contribution in [3.05, 3.63) is 21.6 Å². The molecule has 0 aliphatic rings. The first kappa shape index (κ1) is 15.4. The van der Waals surface area contributed by atoms with Crippen LogP contribution in [0.5, 0.6) is 0 Å². The first-order chi connectivity index (χ1) is 8.47. The molecule has 1 unspecified atom stereocenters. The van der Waals surface area contributed by atoms with E-state index in [0.717, 1.165) is 11.5 Å². The van der Waals surface area contributed by atoms with Gasteiger partial charge in [0.2, 0.25) is 0 Å². The second-order valence-corrected chi connectivity index (χ2v) is 6.12. The Balaban J connectivity index is 2.86. The summed E-state index contributed by atoms with van der Waals surface area (Å²) in [7, 11) is 0. The number of nitrogens with zero attached hydrogens (tertiary/aromatic N) is 2. The standard InChI is InChI=1S/C12H20ClN3OS/c1-5-18-7-9(4)15-10-6-14-16(8(2)3)12(17)11(10)13/h6,8-9,15H,5,7H2,1-4H3. The van der Waals surface area contributed by atoms with E-state index in [1.807, 2.05) is 25.6 Å². The largest absolute Gasteiger partial charge is 0.379 e. The molecule has 0 aromatic carbocycles. The minimum atomic E-state index is -0.244. The zero-order valence-electron chi connectivity index (χ0n) is 11.2. The molecule has 0 aliphatic heterocycles. The summed E-state index contributed by atoms with van der Waals surface area (Å²) < 4.78 is 1.39. The van der Waals surface area contributed by atoms with Gasteiger partial charge in [0, 0.05) is 11.8 Å². The van der Waals surface area contributed by atoms with Crippen molar-refractivity contribution < 1.29 is 0 Å². The molecule has 0 amide bonds. The Labute approximate surface area is 117 Å². The maximum Gasteiger partial charge on any atom is 0.287 e. The fourth-order valence-electron chi connectivity index (χ4n) is 1.52. The van der Waals surface area contributed by atoms with Crippen LogP contribution >= 0.6 is 23.4 Å². The molecule has 0 fully saturated rings. The predicted octanol–water partition coefficient (Wildman–Crippen LogP) is 3.03. The summed E-state index contributed by atoms with van der Waals surface area (Å²) >= 11 is 7.92. The fourth-order valence-corrected chi connectivity index (χ4v) is 2.38. The number of hydrogen-bond acceptors (Lipinski definition) is 4. The summed E-state index contributed by atoms with van der Waals surface area (Å²) in [5.74, 6) is 2.05. The molecule has 4 nitrogen and oxygen atoms in total. The number of halogens is 1. The van der Waals surface area contributed by atoms with Gasteiger partial charge in [-0.1, -0.05) is 18.5 Å². The van der Waals surface area contributed by atoms with Crippen molar-refractivity contribution in [3.63, 3.8) is 0 Å². The average Bonchev–Trinajstić information content (AvgIpc) is 2.32. The van der Waals surface area contributed by atoms with Gasteiger partial charge >= 0.3 is 0 Å². The molecule has 1 aromatic rings. The van der Waals surface area contributed by atoms with Crippen LogP contribution in [0.1, 0.15) is 33.7 Å². The third-order valence-corrected chi connectivity index (χ3v) is 3.92. The maximum atomic E-state index is 11.9. The second-order valence-electron chi connectivity index (χ2n) is 4.42. The molecule has 102 valence electrons. The van der Waals surface area contributed by atoms with E-state index in [2.05, 4.69) is 24.3 Å². The molecule has 1 rings (SSSR count). The summed E-state index contributed by atoms with van der Waals surface area (Å²) in [4.78, 5) is 11.9. The Hall–Kier alpha value is -0.680. The van der Waals surface area contributed by atoms with E-state index in [0.29, 0.717) is 5.69 Å². The van der Waals surface area contributed by atoms with Gasteiger partial charge in [0.1, 0.15) is 5.02 Å². The van der Waals surface area contributed by atoms with E-state index >= 15 is 0 Å². The molecule has 1 heterocycles. The van der Waals surface area contributed by atoms with E-state index in [4.69, 9.17) is 11.6 Å². The smallest absolute Gasteiger partial charge is 0.287 e. The SMILES string of the molecule is CCSCC(C)Nc1cnn(C(C)C)c(=O)c1Cl. The average molecular weight is 290 g/mol. The Morgan fingerprint density at radius 3 is 2.72 bits per heavy atom. The van der Waals surface area contributed by atoms with Crippen LogP contribution < -0.4 is 10.9 Å². The lowest BCUT2D eigenvalue weighted by molar-refractivity contribution is 0.503. The highest BCUT2D eigenvalue weighted by atomic mass is 35.5. The molecule has 0 saturated heterocycles. The molecule has 0 radical (unpaired) electrons. The monoisotopic (exact) mass is 289 g/mol. The molecule has 0 spiro atoms. The van der Waals surface area contributed by atoms with Gasteiger partial charge in [-0.25, -0.2) is 4.68 Å². The highest BCUT2D eigenvalue weighted by Gasteiger charge is 2.12. The van der Waals surface area contributed by atoms with Gasteiger partial charge in [0.05, 0.1) is 17.9 Å². The lowest BCUT2D eigenvalue weighted by Gasteiger charge is -2.16. The van der Waals surface area contributed by atoms with Crippen LogP contribution in [0.2, 0.25) is 5.02 Å². The normalized spacial score (nSPS) is 12.8. The lowest BCUT2D eigenvalue weighted by Crippen LogP contribution is -2.27. The zero-order chi connectivity index (χ0) is 13.7. The Morgan fingerprint density at radius 1 is 1.50 bits per heavy atom. The van der Waals surface area contributed by atoms with Crippen molar-refractivity contribution in [1.82, 2.24) is 9.78 Å². The first-order valence-corrected chi connectivity index (χ1v) is 7.62. The topological polar surface area (TPSA) is 46.9 Å². The molecule has 1 aromatic heterocycles. The number of anilines is 1. The van der Waals surface area contributed by atoms with Crippen LogP contribution in [0.4, 0.5) is 5.69 Å². The predicted molar refractivity (Wildman–Crippen MR) is 80.0 cm³/mol. The number of aromatic nitrogens is 2. The van der Waals surface area contributed by atoms with Gasteiger partial charge < -0.3 is 5.32 Å². The van der Waals surface area contributed by atoms with Crippen molar-refractivity contribution in [1.29, 1.82) is 0 Å². The number of rotatable bonds is 6.